The molecule has 6 heteroatoms. The van der Waals surface area contributed by atoms with E-state index in [4.69, 9.17) is 10.5 Å². The Bertz CT molecular complexity index is 663. The van der Waals surface area contributed by atoms with E-state index in [1.165, 1.54) is 0 Å². The molecule has 0 bridgehead atoms. The van der Waals surface area contributed by atoms with Gasteiger partial charge in [0, 0.05) is 11.1 Å². The molecule has 0 amide bonds. The van der Waals surface area contributed by atoms with Crippen molar-refractivity contribution in [2.24, 2.45) is 11.7 Å². The summed E-state index contributed by atoms with van der Waals surface area (Å²) in [5.41, 5.74) is 8.62. The Morgan fingerprint density at radius 3 is 2.74 bits per heavy atom. The van der Waals surface area contributed by atoms with E-state index in [9.17, 15) is 4.79 Å². The summed E-state index contributed by atoms with van der Waals surface area (Å²) >= 11 is 3.52. The molecule has 0 saturated carbocycles. The van der Waals surface area contributed by atoms with Crippen LogP contribution in [0.3, 0.4) is 0 Å². The van der Waals surface area contributed by atoms with Crippen LogP contribution < -0.4 is 11.4 Å². The highest BCUT2D eigenvalue weighted by Gasteiger charge is 2.31. The molecule has 1 aliphatic heterocycles. The van der Waals surface area contributed by atoms with Gasteiger partial charge < -0.3 is 20.4 Å². The van der Waals surface area contributed by atoms with Crippen molar-refractivity contribution in [2.45, 2.75) is 25.5 Å². The molecule has 0 radical (unpaired) electrons. The van der Waals surface area contributed by atoms with Crippen molar-refractivity contribution in [3.63, 3.8) is 0 Å². The Hall–Kier alpha value is -1.11. The first-order chi connectivity index (χ1) is 9.06. The van der Waals surface area contributed by atoms with Gasteiger partial charge in [-0.1, -0.05) is 22.9 Å². The predicted molar refractivity (Wildman–Crippen MR) is 77.1 cm³/mol. The van der Waals surface area contributed by atoms with E-state index >= 15 is 0 Å². The number of ether oxygens (including phenoxy) is 1. The lowest BCUT2D eigenvalue weighted by molar-refractivity contribution is 0.0723. The number of nitrogens with two attached hydrogens (primary N) is 1. The van der Waals surface area contributed by atoms with Gasteiger partial charge in [0.2, 0.25) is 0 Å². The minimum Gasteiger partial charge on any atom is -0.376 e. The van der Waals surface area contributed by atoms with Crippen LogP contribution in [0.2, 0.25) is 0 Å². The zero-order valence-electron chi connectivity index (χ0n) is 10.6. The molecule has 2 heterocycles. The quantitative estimate of drug-likeness (QED) is 0.790. The van der Waals surface area contributed by atoms with Gasteiger partial charge in [-0.05, 0) is 30.0 Å². The van der Waals surface area contributed by atoms with Gasteiger partial charge in [-0.2, -0.15) is 0 Å². The van der Waals surface area contributed by atoms with Crippen LogP contribution in [0.1, 0.15) is 24.9 Å². The molecule has 3 rings (SSSR count). The van der Waals surface area contributed by atoms with Gasteiger partial charge in [0.05, 0.1) is 23.2 Å². The van der Waals surface area contributed by atoms with Gasteiger partial charge in [0.1, 0.15) is 0 Å². The standard InChI is InChI=1S/C13H16BrN3O2/c1-6-2-3-19-12(6)11(15)7-4-9-10(5-8(7)14)17-13(18)16-9/h4-6,11-12H,2-3,15H2,1H3,(H2,16,17,18). The average molecular weight is 326 g/mol. The molecule has 0 aliphatic carbocycles. The normalized spacial score (nSPS) is 25.0. The van der Waals surface area contributed by atoms with Gasteiger partial charge in [-0.3, -0.25) is 0 Å². The fourth-order valence-corrected chi connectivity index (χ4v) is 3.29. The molecule has 4 N–H and O–H groups in total. The summed E-state index contributed by atoms with van der Waals surface area (Å²) in [6, 6.07) is 3.59. The molecule has 3 atom stereocenters. The highest BCUT2D eigenvalue weighted by atomic mass is 79.9. The predicted octanol–water partition coefficient (Wildman–Crippen LogP) is 2.04. The first-order valence-electron chi connectivity index (χ1n) is 6.35. The van der Waals surface area contributed by atoms with E-state index in [0.717, 1.165) is 34.1 Å². The summed E-state index contributed by atoms with van der Waals surface area (Å²) in [6.07, 6.45) is 1.07. The van der Waals surface area contributed by atoms with Crippen LogP contribution in [0.25, 0.3) is 11.0 Å². The summed E-state index contributed by atoms with van der Waals surface area (Å²) in [7, 11) is 0. The topological polar surface area (TPSA) is 83.9 Å². The zero-order valence-corrected chi connectivity index (χ0v) is 12.2. The van der Waals surface area contributed by atoms with Crippen LogP contribution in [-0.2, 0) is 4.74 Å². The van der Waals surface area contributed by atoms with Crippen molar-refractivity contribution in [2.75, 3.05) is 6.61 Å². The molecule has 1 saturated heterocycles. The fraction of sp³-hybridized carbons (Fsp3) is 0.462. The van der Waals surface area contributed by atoms with Crippen LogP contribution in [-0.4, -0.2) is 22.7 Å². The molecule has 1 aromatic carbocycles. The number of nitrogens with one attached hydrogen (secondary N) is 2. The third kappa shape index (κ3) is 2.24. The van der Waals surface area contributed by atoms with Crippen molar-refractivity contribution in [1.29, 1.82) is 0 Å². The monoisotopic (exact) mass is 325 g/mol. The van der Waals surface area contributed by atoms with E-state index in [0.29, 0.717) is 5.92 Å². The summed E-state index contributed by atoms with van der Waals surface area (Å²) in [5.74, 6) is 0.447. The molecule has 1 aliphatic rings. The third-order valence-electron chi connectivity index (χ3n) is 3.79. The highest BCUT2D eigenvalue weighted by molar-refractivity contribution is 9.10. The van der Waals surface area contributed by atoms with Gasteiger partial charge in [-0.25, -0.2) is 4.79 Å². The maximum Gasteiger partial charge on any atom is 0.323 e. The number of H-pyrrole nitrogens is 2. The molecule has 102 valence electrons. The van der Waals surface area contributed by atoms with Gasteiger partial charge in [0.15, 0.2) is 0 Å². The second kappa shape index (κ2) is 4.77. The highest BCUT2D eigenvalue weighted by Crippen LogP contribution is 2.34. The van der Waals surface area contributed by atoms with E-state index in [2.05, 4.69) is 32.8 Å². The Labute approximate surface area is 118 Å². The Morgan fingerprint density at radius 1 is 1.42 bits per heavy atom. The third-order valence-corrected chi connectivity index (χ3v) is 4.48. The SMILES string of the molecule is CC1CCOC1C(N)c1cc2[nH]c(=O)[nH]c2cc1Br. The minimum atomic E-state index is -0.210. The van der Waals surface area contributed by atoms with Crippen molar-refractivity contribution >= 4 is 27.0 Å². The number of fused-ring (bicyclic) bond motifs is 1. The molecule has 0 spiro atoms. The summed E-state index contributed by atoms with van der Waals surface area (Å²) in [6.45, 7) is 2.92. The molecule has 3 unspecified atom stereocenters. The fourth-order valence-electron chi connectivity index (χ4n) is 2.68. The second-order valence-electron chi connectivity index (χ2n) is 5.13. The first-order valence-corrected chi connectivity index (χ1v) is 7.14. The molecule has 1 fully saturated rings. The van der Waals surface area contributed by atoms with Gasteiger partial charge >= 0.3 is 5.69 Å². The van der Waals surface area contributed by atoms with Crippen molar-refractivity contribution in [1.82, 2.24) is 9.97 Å². The lowest BCUT2D eigenvalue weighted by atomic mass is 9.93. The Kier molecular flexibility index (Phi) is 3.24. The molecule has 5 nitrogen and oxygen atoms in total. The van der Waals surface area contributed by atoms with E-state index < -0.39 is 0 Å². The Morgan fingerprint density at radius 2 is 2.11 bits per heavy atom. The second-order valence-corrected chi connectivity index (χ2v) is 5.98. The van der Waals surface area contributed by atoms with E-state index in [-0.39, 0.29) is 17.8 Å². The van der Waals surface area contributed by atoms with Crippen molar-refractivity contribution in [3.05, 3.63) is 32.7 Å². The molecule has 19 heavy (non-hydrogen) atoms. The first kappa shape index (κ1) is 12.9. The molecular formula is C13H16BrN3O2. The molecule has 1 aromatic heterocycles. The smallest absolute Gasteiger partial charge is 0.323 e. The van der Waals surface area contributed by atoms with Crippen LogP contribution >= 0.6 is 15.9 Å². The lowest BCUT2D eigenvalue weighted by Crippen LogP contribution is -2.30. The van der Waals surface area contributed by atoms with Crippen LogP contribution in [0.15, 0.2) is 21.4 Å². The number of rotatable bonds is 2. The zero-order chi connectivity index (χ0) is 13.6. The molecule has 2 aromatic rings. The van der Waals surface area contributed by atoms with Crippen molar-refractivity contribution < 1.29 is 4.74 Å². The summed E-state index contributed by atoms with van der Waals surface area (Å²) in [4.78, 5) is 16.8. The van der Waals surface area contributed by atoms with Crippen LogP contribution in [0.5, 0.6) is 0 Å². The summed E-state index contributed by atoms with van der Waals surface area (Å²) < 4.78 is 6.62. The van der Waals surface area contributed by atoms with Gasteiger partial charge in [0.25, 0.3) is 0 Å². The van der Waals surface area contributed by atoms with Crippen molar-refractivity contribution in [3.8, 4) is 0 Å². The van der Waals surface area contributed by atoms with Crippen LogP contribution in [0.4, 0.5) is 0 Å². The largest absolute Gasteiger partial charge is 0.376 e. The number of hydrogen-bond acceptors (Lipinski definition) is 3. The molecular weight excluding hydrogens is 310 g/mol. The number of halogens is 1. The number of benzene rings is 1. The maximum absolute atomic E-state index is 11.3. The van der Waals surface area contributed by atoms with Crippen LogP contribution in [0, 0.1) is 5.92 Å². The number of hydrogen-bond donors (Lipinski definition) is 3. The Balaban J connectivity index is 2.03. The minimum absolute atomic E-state index is 0.0272. The lowest BCUT2D eigenvalue weighted by Gasteiger charge is -2.23. The average Bonchev–Trinajstić information content (AvgIpc) is 2.92. The van der Waals surface area contributed by atoms with Gasteiger partial charge in [-0.15, -0.1) is 0 Å². The number of aromatic amines is 2. The summed E-state index contributed by atoms with van der Waals surface area (Å²) in [5, 5.41) is 0. The van der Waals surface area contributed by atoms with E-state index in [1.54, 1.807) is 0 Å². The number of aromatic nitrogens is 2. The number of imidazole rings is 1. The maximum atomic E-state index is 11.3. The van der Waals surface area contributed by atoms with E-state index in [1.807, 2.05) is 12.1 Å².